The van der Waals surface area contributed by atoms with Gasteiger partial charge in [-0.2, -0.15) is 0 Å². The van der Waals surface area contributed by atoms with Crippen molar-refractivity contribution in [1.82, 2.24) is 15.5 Å². The zero-order chi connectivity index (χ0) is 22.7. The van der Waals surface area contributed by atoms with Gasteiger partial charge in [-0.05, 0) is 50.6 Å². The average molecular weight is 416 g/mol. The summed E-state index contributed by atoms with van der Waals surface area (Å²) in [6.07, 6.45) is 4.26. The number of hydrogen-bond acceptors (Lipinski definition) is 4. The molecule has 1 aliphatic rings. The summed E-state index contributed by atoms with van der Waals surface area (Å²) in [5.74, 6) is 0.190. The zero-order valence-electron chi connectivity index (χ0n) is 19.6. The Morgan fingerprint density at radius 1 is 1.10 bits per heavy atom. The number of rotatable bonds is 10. The van der Waals surface area contributed by atoms with E-state index in [2.05, 4.69) is 31.4 Å². The van der Waals surface area contributed by atoms with Crippen LogP contribution in [0.4, 0.5) is 0 Å². The molecule has 0 bridgehead atoms. The fraction of sp³-hybridized carbons (Fsp3) is 0.864. The van der Waals surface area contributed by atoms with Crippen LogP contribution >= 0.6 is 0 Å². The van der Waals surface area contributed by atoms with Crippen LogP contribution in [0.15, 0.2) is 0 Å². The number of amides is 2. The number of nitrogens with zero attached hydrogens (tertiary/aromatic N) is 1. The maximum atomic E-state index is 12.3. The topological polar surface area (TPSA) is 98.7 Å². The summed E-state index contributed by atoms with van der Waals surface area (Å²) in [5.41, 5.74) is 0. The number of carbonyl (C=O) groups is 3. The summed E-state index contributed by atoms with van der Waals surface area (Å²) < 4.78 is 0. The Bertz CT molecular complexity index is 433. The molecule has 3 N–H and O–H groups in total. The van der Waals surface area contributed by atoms with Crippen molar-refractivity contribution in [3.63, 3.8) is 0 Å². The summed E-state index contributed by atoms with van der Waals surface area (Å²) in [5, 5.41) is 14.4. The van der Waals surface area contributed by atoms with Gasteiger partial charge >= 0.3 is 5.97 Å². The van der Waals surface area contributed by atoms with E-state index in [1.165, 1.54) is 0 Å². The molecule has 0 saturated carbocycles. The predicted octanol–water partition coefficient (Wildman–Crippen LogP) is 3.28. The number of nitrogens with one attached hydrogen (secondary N) is 2. The Balaban J connectivity index is 0. The Kier molecular flexibility index (Phi) is 20.1. The quantitative estimate of drug-likeness (QED) is 0.508. The summed E-state index contributed by atoms with van der Waals surface area (Å²) in [6.45, 7) is 15.2. The van der Waals surface area contributed by atoms with Gasteiger partial charge in [-0.15, -0.1) is 0 Å². The molecule has 0 aromatic rings. The highest BCUT2D eigenvalue weighted by molar-refractivity contribution is 5.85. The second-order valence-electron chi connectivity index (χ2n) is 7.77. The molecule has 29 heavy (non-hydrogen) atoms. The van der Waals surface area contributed by atoms with Crippen LogP contribution < -0.4 is 10.6 Å². The van der Waals surface area contributed by atoms with Gasteiger partial charge in [0.1, 0.15) is 0 Å². The summed E-state index contributed by atoms with van der Waals surface area (Å²) in [6, 6.07) is 0. The molecule has 0 radical (unpaired) electrons. The monoisotopic (exact) mass is 415 g/mol. The predicted molar refractivity (Wildman–Crippen MR) is 119 cm³/mol. The van der Waals surface area contributed by atoms with Gasteiger partial charge in [0.05, 0.1) is 13.0 Å². The third-order valence-electron chi connectivity index (χ3n) is 4.07. The van der Waals surface area contributed by atoms with Crippen LogP contribution in [-0.4, -0.2) is 60.5 Å². The highest BCUT2D eigenvalue weighted by Crippen LogP contribution is 2.18. The third kappa shape index (κ3) is 19.5. The van der Waals surface area contributed by atoms with Gasteiger partial charge in [-0.25, -0.2) is 0 Å². The third-order valence-corrected chi connectivity index (χ3v) is 4.07. The van der Waals surface area contributed by atoms with E-state index < -0.39 is 5.97 Å². The van der Waals surface area contributed by atoms with E-state index in [-0.39, 0.29) is 31.3 Å². The second-order valence-corrected chi connectivity index (χ2v) is 7.77. The fourth-order valence-electron chi connectivity index (χ4n) is 2.76. The van der Waals surface area contributed by atoms with Crippen molar-refractivity contribution in [1.29, 1.82) is 0 Å². The Hall–Kier alpha value is -1.63. The molecular weight excluding hydrogens is 370 g/mol. The molecule has 7 nitrogen and oxygen atoms in total. The number of carboxylic acid groups (broad SMARTS) is 1. The van der Waals surface area contributed by atoms with Crippen LogP contribution in [0.3, 0.4) is 0 Å². The molecule has 1 aliphatic heterocycles. The Labute approximate surface area is 178 Å². The number of carbonyl (C=O) groups excluding carboxylic acids is 2. The van der Waals surface area contributed by atoms with Crippen molar-refractivity contribution < 1.29 is 19.5 Å². The molecule has 0 spiro atoms. The van der Waals surface area contributed by atoms with E-state index in [4.69, 9.17) is 5.11 Å². The largest absolute Gasteiger partial charge is 0.481 e. The lowest BCUT2D eigenvalue weighted by Crippen LogP contribution is -2.41. The highest BCUT2D eigenvalue weighted by Gasteiger charge is 2.19. The van der Waals surface area contributed by atoms with Crippen molar-refractivity contribution in [2.24, 2.45) is 11.8 Å². The van der Waals surface area contributed by atoms with Gasteiger partial charge in [0.15, 0.2) is 0 Å². The first-order valence-corrected chi connectivity index (χ1v) is 11.2. The minimum Gasteiger partial charge on any atom is -0.481 e. The van der Waals surface area contributed by atoms with E-state index in [1.807, 2.05) is 20.8 Å². The first kappa shape index (κ1) is 29.6. The Morgan fingerprint density at radius 3 is 2.14 bits per heavy atom. The van der Waals surface area contributed by atoms with Crippen LogP contribution in [0.25, 0.3) is 0 Å². The highest BCUT2D eigenvalue weighted by atomic mass is 16.4. The first-order chi connectivity index (χ1) is 13.8. The maximum absolute atomic E-state index is 12.3. The fourth-order valence-corrected chi connectivity index (χ4v) is 2.76. The van der Waals surface area contributed by atoms with E-state index in [1.54, 1.807) is 4.90 Å². The molecule has 172 valence electrons. The average Bonchev–Trinajstić information content (AvgIpc) is 2.67. The van der Waals surface area contributed by atoms with E-state index in [0.717, 1.165) is 44.7 Å². The van der Waals surface area contributed by atoms with Crippen LogP contribution in [-0.2, 0) is 14.4 Å². The normalized spacial score (nSPS) is 13.5. The Morgan fingerprint density at radius 2 is 1.66 bits per heavy atom. The van der Waals surface area contributed by atoms with Gasteiger partial charge in [-0.3, -0.25) is 14.4 Å². The minimum absolute atomic E-state index is 0.0124. The number of carboxylic acids is 1. The van der Waals surface area contributed by atoms with Gasteiger partial charge < -0.3 is 20.6 Å². The summed E-state index contributed by atoms with van der Waals surface area (Å²) in [4.78, 5) is 36.2. The lowest BCUT2D eigenvalue weighted by molar-refractivity contribution is -0.138. The minimum atomic E-state index is -0.950. The molecule has 1 rings (SSSR count). The number of aliphatic carboxylic acids is 1. The van der Waals surface area contributed by atoms with E-state index in [0.29, 0.717) is 18.9 Å². The van der Waals surface area contributed by atoms with Crippen molar-refractivity contribution in [2.45, 2.75) is 80.1 Å². The second kappa shape index (κ2) is 19.7. The molecule has 1 saturated heterocycles. The smallest absolute Gasteiger partial charge is 0.305 e. The number of hydrogen-bond donors (Lipinski definition) is 3. The number of piperidine rings is 1. The van der Waals surface area contributed by atoms with E-state index in [9.17, 15) is 14.4 Å². The molecule has 7 heteroatoms. The van der Waals surface area contributed by atoms with Gasteiger partial charge in [0.25, 0.3) is 0 Å². The van der Waals surface area contributed by atoms with Gasteiger partial charge in [0, 0.05) is 19.5 Å². The van der Waals surface area contributed by atoms with Crippen LogP contribution in [0.2, 0.25) is 0 Å². The first-order valence-electron chi connectivity index (χ1n) is 11.2. The molecule has 1 heterocycles. The lowest BCUT2D eigenvalue weighted by Gasteiger charge is -2.25. The maximum Gasteiger partial charge on any atom is 0.305 e. The molecular formula is C22H45N3O4. The zero-order valence-corrected chi connectivity index (χ0v) is 19.6. The molecule has 0 aromatic heterocycles. The molecule has 0 aromatic carbocycles. The summed E-state index contributed by atoms with van der Waals surface area (Å²) in [7, 11) is 0. The molecule has 2 amide bonds. The van der Waals surface area contributed by atoms with Gasteiger partial charge in [-0.1, -0.05) is 41.5 Å². The molecule has 0 aliphatic carbocycles. The van der Waals surface area contributed by atoms with Crippen molar-refractivity contribution in [3.8, 4) is 0 Å². The summed E-state index contributed by atoms with van der Waals surface area (Å²) >= 11 is 0. The molecule has 0 unspecified atom stereocenters. The van der Waals surface area contributed by atoms with Gasteiger partial charge in [0.2, 0.25) is 11.8 Å². The van der Waals surface area contributed by atoms with E-state index >= 15 is 0 Å². The van der Waals surface area contributed by atoms with Crippen molar-refractivity contribution in [2.75, 3.05) is 32.7 Å². The SMILES string of the molecule is CC.CC(C)C.CCCN(CC(=O)NCCC(=O)O)C(=O)CCC1CCNCC1. The van der Waals surface area contributed by atoms with Crippen LogP contribution in [0, 0.1) is 11.8 Å². The van der Waals surface area contributed by atoms with Crippen LogP contribution in [0.1, 0.15) is 80.1 Å². The van der Waals surface area contributed by atoms with Crippen molar-refractivity contribution in [3.05, 3.63) is 0 Å². The molecule has 0 atom stereocenters. The lowest BCUT2D eigenvalue weighted by atomic mass is 9.93. The molecule has 1 fully saturated rings. The van der Waals surface area contributed by atoms with Crippen LogP contribution in [0.5, 0.6) is 0 Å². The standard InChI is InChI=1S/C16H29N3O4.C4H10.C2H6/c1-2-11-19(12-14(20)18-10-7-16(22)23)15(21)4-3-13-5-8-17-9-6-13;1-4(2)3;1-2/h13,17H,2-12H2,1H3,(H,18,20)(H,22,23);4H,1-3H3;1-2H3. The van der Waals surface area contributed by atoms with Crippen molar-refractivity contribution >= 4 is 17.8 Å².